The number of hydrogen-bond acceptors (Lipinski definition) is 6. The topological polar surface area (TPSA) is 79.4 Å². The fourth-order valence-electron chi connectivity index (χ4n) is 4.18. The third kappa shape index (κ3) is 6.28. The lowest BCUT2D eigenvalue weighted by Crippen LogP contribution is -2.50. The lowest BCUT2D eigenvalue weighted by atomic mass is 10.2. The molecule has 9 heteroatoms. The molecule has 1 fully saturated rings. The summed E-state index contributed by atoms with van der Waals surface area (Å²) < 4.78 is 37.3. The van der Waals surface area contributed by atoms with Crippen molar-refractivity contribution in [1.29, 1.82) is 0 Å². The zero-order valence-corrected chi connectivity index (χ0v) is 21.4. The van der Waals surface area contributed by atoms with Gasteiger partial charge in [0.1, 0.15) is 11.5 Å². The maximum Gasteiger partial charge on any atom is 0.260 e. The van der Waals surface area contributed by atoms with E-state index in [4.69, 9.17) is 9.47 Å². The molecule has 3 aromatic rings. The van der Waals surface area contributed by atoms with Crippen molar-refractivity contribution >= 4 is 27.3 Å². The fourth-order valence-corrected chi connectivity index (χ4v) is 5.07. The summed E-state index contributed by atoms with van der Waals surface area (Å²) in [5, 5.41) is 0. The summed E-state index contributed by atoms with van der Waals surface area (Å²) in [7, 11) is -1.82. The molecule has 0 radical (unpaired) electrons. The summed E-state index contributed by atoms with van der Waals surface area (Å²) in [5.74, 6) is 1.25. The van der Waals surface area contributed by atoms with Crippen LogP contribution in [0.1, 0.15) is 5.56 Å². The lowest BCUT2D eigenvalue weighted by molar-refractivity contribution is -0.133. The molecule has 8 nitrogen and oxygen atoms in total. The van der Waals surface area contributed by atoms with Crippen LogP contribution in [0.25, 0.3) is 0 Å². The van der Waals surface area contributed by atoms with E-state index in [-0.39, 0.29) is 19.1 Å². The summed E-state index contributed by atoms with van der Waals surface area (Å²) in [5.41, 5.74) is 2.45. The smallest absolute Gasteiger partial charge is 0.260 e. The van der Waals surface area contributed by atoms with Crippen LogP contribution in [-0.4, -0.2) is 65.4 Å². The van der Waals surface area contributed by atoms with Gasteiger partial charge in [0.2, 0.25) is 10.0 Å². The molecule has 0 aliphatic carbocycles. The summed E-state index contributed by atoms with van der Waals surface area (Å²) in [6, 6.07) is 24.0. The third-order valence-corrected chi connectivity index (χ3v) is 7.26. The second kappa shape index (κ2) is 11.3. The first-order valence-electron chi connectivity index (χ1n) is 11.8. The van der Waals surface area contributed by atoms with E-state index in [1.54, 1.807) is 36.3 Å². The summed E-state index contributed by atoms with van der Waals surface area (Å²) in [6.07, 6.45) is 1.19. The SMILES string of the molecule is COc1ccccc1N1CCN(C(=O)COc2ccc(N(Cc3ccccc3)S(C)(=O)=O)cc2)CC1. The number of rotatable bonds is 9. The van der Waals surface area contributed by atoms with E-state index in [1.807, 2.05) is 54.6 Å². The highest BCUT2D eigenvalue weighted by molar-refractivity contribution is 7.92. The van der Waals surface area contributed by atoms with E-state index >= 15 is 0 Å². The third-order valence-electron chi connectivity index (χ3n) is 6.11. The van der Waals surface area contributed by atoms with Crippen molar-refractivity contribution < 1.29 is 22.7 Å². The molecule has 0 N–H and O–H groups in total. The predicted molar refractivity (Wildman–Crippen MR) is 141 cm³/mol. The van der Waals surface area contributed by atoms with Gasteiger partial charge in [-0.25, -0.2) is 8.42 Å². The number of hydrogen-bond donors (Lipinski definition) is 0. The van der Waals surface area contributed by atoms with E-state index in [1.165, 1.54) is 10.6 Å². The molecular formula is C27H31N3O5S. The normalized spacial score (nSPS) is 13.8. The van der Waals surface area contributed by atoms with Crippen LogP contribution in [0.4, 0.5) is 11.4 Å². The minimum Gasteiger partial charge on any atom is -0.495 e. The van der Waals surface area contributed by atoms with Gasteiger partial charge in [0, 0.05) is 26.2 Å². The molecule has 0 atom stereocenters. The Bertz CT molecular complexity index is 1260. The van der Waals surface area contributed by atoms with Gasteiger partial charge in [-0.15, -0.1) is 0 Å². The van der Waals surface area contributed by atoms with Crippen LogP contribution >= 0.6 is 0 Å². The summed E-state index contributed by atoms with van der Waals surface area (Å²) >= 11 is 0. The highest BCUT2D eigenvalue weighted by Gasteiger charge is 2.23. The van der Waals surface area contributed by atoms with Crippen LogP contribution in [0.2, 0.25) is 0 Å². The van der Waals surface area contributed by atoms with Crippen LogP contribution in [0, 0.1) is 0 Å². The van der Waals surface area contributed by atoms with Crippen molar-refractivity contribution in [3.63, 3.8) is 0 Å². The zero-order valence-electron chi connectivity index (χ0n) is 20.5. The number of nitrogens with zero attached hydrogens (tertiary/aromatic N) is 3. The molecule has 36 heavy (non-hydrogen) atoms. The number of ether oxygens (including phenoxy) is 2. The molecule has 0 aromatic heterocycles. The molecule has 1 heterocycles. The number of amides is 1. The van der Waals surface area contributed by atoms with Crippen molar-refractivity contribution in [2.24, 2.45) is 0 Å². The Morgan fingerprint density at radius 2 is 1.53 bits per heavy atom. The molecule has 0 unspecified atom stereocenters. The van der Waals surface area contributed by atoms with Gasteiger partial charge in [-0.3, -0.25) is 9.10 Å². The maximum atomic E-state index is 12.7. The lowest BCUT2D eigenvalue weighted by Gasteiger charge is -2.36. The molecule has 1 amide bonds. The van der Waals surface area contributed by atoms with Crippen molar-refractivity contribution in [3.8, 4) is 11.5 Å². The predicted octanol–water partition coefficient (Wildman–Crippen LogP) is 3.39. The largest absolute Gasteiger partial charge is 0.495 e. The van der Waals surface area contributed by atoms with Crippen molar-refractivity contribution in [2.45, 2.75) is 6.54 Å². The number of carbonyl (C=O) groups is 1. The average Bonchev–Trinajstić information content (AvgIpc) is 2.91. The minimum absolute atomic E-state index is 0.0756. The van der Waals surface area contributed by atoms with Gasteiger partial charge in [0.05, 0.1) is 31.3 Å². The average molecular weight is 510 g/mol. The van der Waals surface area contributed by atoms with Gasteiger partial charge in [0.15, 0.2) is 6.61 Å². The molecule has 1 saturated heterocycles. The number of sulfonamides is 1. The number of para-hydroxylation sites is 2. The van der Waals surface area contributed by atoms with E-state index in [0.29, 0.717) is 37.6 Å². The van der Waals surface area contributed by atoms with Gasteiger partial charge in [-0.1, -0.05) is 42.5 Å². The fraction of sp³-hybridized carbons (Fsp3) is 0.296. The second-order valence-corrected chi connectivity index (χ2v) is 10.5. The van der Waals surface area contributed by atoms with Crippen molar-refractivity contribution in [3.05, 3.63) is 84.4 Å². The van der Waals surface area contributed by atoms with Crippen LogP contribution in [0.5, 0.6) is 11.5 Å². The maximum absolute atomic E-state index is 12.7. The molecule has 1 aliphatic rings. The summed E-state index contributed by atoms with van der Waals surface area (Å²) in [4.78, 5) is 16.7. The first-order valence-corrected chi connectivity index (χ1v) is 13.6. The molecule has 3 aromatic carbocycles. The van der Waals surface area contributed by atoms with Crippen LogP contribution in [0.15, 0.2) is 78.9 Å². The highest BCUT2D eigenvalue weighted by atomic mass is 32.2. The number of piperazine rings is 1. The Kier molecular flexibility index (Phi) is 8.00. The number of carbonyl (C=O) groups excluding carboxylic acids is 1. The Morgan fingerprint density at radius 1 is 0.889 bits per heavy atom. The monoisotopic (exact) mass is 509 g/mol. The van der Waals surface area contributed by atoms with Crippen LogP contribution in [-0.2, 0) is 21.4 Å². The second-order valence-electron chi connectivity index (χ2n) is 8.58. The Morgan fingerprint density at radius 3 is 2.17 bits per heavy atom. The van der Waals surface area contributed by atoms with Gasteiger partial charge in [0.25, 0.3) is 5.91 Å². The molecule has 0 saturated carbocycles. The Balaban J connectivity index is 1.31. The Hall–Kier alpha value is -3.72. The van der Waals surface area contributed by atoms with Gasteiger partial charge in [-0.05, 0) is 42.0 Å². The summed E-state index contributed by atoms with van der Waals surface area (Å²) in [6.45, 7) is 2.78. The minimum atomic E-state index is -3.48. The van der Waals surface area contributed by atoms with Gasteiger partial charge < -0.3 is 19.3 Å². The first-order chi connectivity index (χ1) is 17.3. The van der Waals surface area contributed by atoms with Gasteiger partial charge >= 0.3 is 0 Å². The van der Waals surface area contributed by atoms with E-state index < -0.39 is 10.0 Å². The van der Waals surface area contributed by atoms with E-state index in [2.05, 4.69) is 4.90 Å². The number of benzene rings is 3. The van der Waals surface area contributed by atoms with Crippen LogP contribution < -0.4 is 18.7 Å². The zero-order chi connectivity index (χ0) is 25.5. The molecule has 0 spiro atoms. The quantitative estimate of drug-likeness (QED) is 0.440. The molecule has 1 aliphatic heterocycles. The molecular weight excluding hydrogens is 478 g/mol. The Labute approximate surface area is 212 Å². The standard InChI is InChI=1S/C27H31N3O5S/c1-34-26-11-7-6-10-25(26)28-16-18-29(19-17-28)27(31)21-35-24-14-12-23(13-15-24)30(36(2,32)33)20-22-8-4-3-5-9-22/h3-15H,16-21H2,1-2H3. The molecule has 190 valence electrons. The molecule has 0 bridgehead atoms. The number of anilines is 2. The first kappa shape index (κ1) is 25.4. The highest BCUT2D eigenvalue weighted by Crippen LogP contribution is 2.28. The van der Waals surface area contributed by atoms with E-state index in [0.717, 1.165) is 17.0 Å². The number of methoxy groups -OCH3 is 1. The van der Waals surface area contributed by atoms with E-state index in [9.17, 15) is 13.2 Å². The van der Waals surface area contributed by atoms with Crippen molar-refractivity contribution in [2.75, 3.05) is 55.4 Å². The molecule has 4 rings (SSSR count). The van der Waals surface area contributed by atoms with Crippen LogP contribution in [0.3, 0.4) is 0 Å². The van der Waals surface area contributed by atoms with Gasteiger partial charge in [-0.2, -0.15) is 0 Å². The van der Waals surface area contributed by atoms with Crippen molar-refractivity contribution in [1.82, 2.24) is 4.90 Å².